The number of carbonyl (C=O) groups is 2. The van der Waals surface area contributed by atoms with Crippen molar-refractivity contribution in [2.75, 3.05) is 0 Å². The number of esters is 1. The highest BCUT2D eigenvalue weighted by Crippen LogP contribution is 2.37. The van der Waals surface area contributed by atoms with Gasteiger partial charge in [-0.05, 0) is 32.6 Å². The van der Waals surface area contributed by atoms with Crippen LogP contribution in [0.25, 0.3) is 0 Å². The van der Waals surface area contributed by atoms with Gasteiger partial charge < -0.3 is 9.84 Å². The summed E-state index contributed by atoms with van der Waals surface area (Å²) in [6, 6.07) is 0. The van der Waals surface area contributed by atoms with Crippen LogP contribution in [-0.4, -0.2) is 23.1 Å². The Labute approximate surface area is 89.6 Å². The maximum atomic E-state index is 11.6. The van der Waals surface area contributed by atoms with Crippen molar-refractivity contribution >= 4 is 11.9 Å². The molecule has 0 heterocycles. The van der Waals surface area contributed by atoms with Crippen LogP contribution < -0.4 is 0 Å². The van der Waals surface area contributed by atoms with Crippen LogP contribution in [-0.2, 0) is 14.3 Å². The third-order valence-electron chi connectivity index (χ3n) is 2.77. The van der Waals surface area contributed by atoms with E-state index in [1.807, 2.05) is 6.92 Å². The number of carbonyl (C=O) groups excluding carboxylic acids is 1. The van der Waals surface area contributed by atoms with Crippen LogP contribution in [0.15, 0.2) is 0 Å². The van der Waals surface area contributed by atoms with Crippen LogP contribution in [0.4, 0.5) is 0 Å². The molecule has 0 bridgehead atoms. The van der Waals surface area contributed by atoms with E-state index in [-0.39, 0.29) is 18.0 Å². The molecular weight excluding hydrogens is 196 g/mol. The Balaban J connectivity index is 2.66. The predicted molar refractivity (Wildman–Crippen MR) is 54.2 cm³/mol. The molecule has 1 aliphatic rings. The van der Waals surface area contributed by atoms with Crippen LogP contribution in [0.2, 0.25) is 0 Å². The molecule has 1 fully saturated rings. The summed E-state index contributed by atoms with van der Waals surface area (Å²) < 4.78 is 5.06. The summed E-state index contributed by atoms with van der Waals surface area (Å²) in [6.45, 7) is 5.51. The molecule has 0 aromatic carbocycles. The Kier molecular flexibility index (Phi) is 3.72. The van der Waals surface area contributed by atoms with Gasteiger partial charge in [0.15, 0.2) is 0 Å². The number of hydrogen-bond donors (Lipinski definition) is 1. The summed E-state index contributed by atoms with van der Waals surface area (Å²) in [4.78, 5) is 22.6. The summed E-state index contributed by atoms with van der Waals surface area (Å²) >= 11 is 0. The van der Waals surface area contributed by atoms with Crippen molar-refractivity contribution in [3.8, 4) is 0 Å². The van der Waals surface area contributed by atoms with E-state index in [9.17, 15) is 9.59 Å². The summed E-state index contributed by atoms with van der Waals surface area (Å²) in [5.41, 5.74) is 0. The third-order valence-corrected chi connectivity index (χ3v) is 2.77. The zero-order valence-corrected chi connectivity index (χ0v) is 9.40. The third kappa shape index (κ3) is 2.94. The second-order valence-electron chi connectivity index (χ2n) is 4.61. The lowest BCUT2D eigenvalue weighted by atomic mass is 9.96. The van der Waals surface area contributed by atoms with E-state index < -0.39 is 17.8 Å². The van der Waals surface area contributed by atoms with Crippen molar-refractivity contribution in [3.63, 3.8) is 0 Å². The standard InChI is InChI=1S/C11H18O4/c1-6(2)15-11(14)9-5-7(3)4-8(9)10(12)13/h6-9H,4-5H2,1-3H3,(H,12,13). The monoisotopic (exact) mass is 214 g/mol. The molecule has 86 valence electrons. The highest BCUT2D eigenvalue weighted by molar-refractivity contribution is 5.81. The van der Waals surface area contributed by atoms with E-state index in [1.165, 1.54) is 0 Å². The van der Waals surface area contributed by atoms with Gasteiger partial charge in [0, 0.05) is 0 Å². The van der Waals surface area contributed by atoms with E-state index in [2.05, 4.69) is 0 Å². The van der Waals surface area contributed by atoms with Gasteiger partial charge in [-0.15, -0.1) is 0 Å². The van der Waals surface area contributed by atoms with Gasteiger partial charge in [0.1, 0.15) is 0 Å². The fourth-order valence-electron chi connectivity index (χ4n) is 2.14. The average molecular weight is 214 g/mol. The smallest absolute Gasteiger partial charge is 0.310 e. The van der Waals surface area contributed by atoms with Gasteiger partial charge in [0.2, 0.25) is 0 Å². The minimum absolute atomic E-state index is 0.178. The fraction of sp³-hybridized carbons (Fsp3) is 0.818. The maximum Gasteiger partial charge on any atom is 0.310 e. The molecular formula is C11H18O4. The van der Waals surface area contributed by atoms with Gasteiger partial charge in [0.05, 0.1) is 17.9 Å². The molecule has 4 heteroatoms. The first-order valence-electron chi connectivity index (χ1n) is 5.35. The lowest BCUT2D eigenvalue weighted by Gasteiger charge is -2.16. The van der Waals surface area contributed by atoms with Crippen LogP contribution in [0.5, 0.6) is 0 Å². The first kappa shape index (κ1) is 12.0. The Hall–Kier alpha value is -1.06. The predicted octanol–water partition coefficient (Wildman–Crippen LogP) is 1.68. The Morgan fingerprint density at radius 3 is 2.27 bits per heavy atom. The normalized spacial score (nSPS) is 30.5. The molecule has 0 aliphatic heterocycles. The highest BCUT2D eigenvalue weighted by Gasteiger charge is 2.42. The minimum atomic E-state index is -0.884. The van der Waals surface area contributed by atoms with Crippen molar-refractivity contribution in [1.82, 2.24) is 0 Å². The van der Waals surface area contributed by atoms with Crippen molar-refractivity contribution in [3.05, 3.63) is 0 Å². The van der Waals surface area contributed by atoms with Crippen molar-refractivity contribution < 1.29 is 19.4 Å². The van der Waals surface area contributed by atoms with Gasteiger partial charge in [-0.2, -0.15) is 0 Å². The number of carboxylic acids is 1. The van der Waals surface area contributed by atoms with Crippen molar-refractivity contribution in [2.24, 2.45) is 17.8 Å². The molecule has 0 aromatic rings. The van der Waals surface area contributed by atoms with Crippen molar-refractivity contribution in [1.29, 1.82) is 0 Å². The summed E-state index contributed by atoms with van der Waals surface area (Å²) in [5.74, 6) is -1.98. The number of rotatable bonds is 3. The molecule has 3 atom stereocenters. The van der Waals surface area contributed by atoms with Crippen LogP contribution >= 0.6 is 0 Å². The summed E-state index contributed by atoms with van der Waals surface area (Å²) in [5, 5.41) is 8.98. The zero-order chi connectivity index (χ0) is 11.6. The molecule has 1 aliphatic carbocycles. The molecule has 0 spiro atoms. The molecule has 1 rings (SSSR count). The minimum Gasteiger partial charge on any atom is -0.481 e. The van der Waals surface area contributed by atoms with Gasteiger partial charge in [-0.1, -0.05) is 6.92 Å². The molecule has 0 amide bonds. The van der Waals surface area contributed by atoms with E-state index >= 15 is 0 Å². The lowest BCUT2D eigenvalue weighted by Crippen LogP contribution is -2.28. The summed E-state index contributed by atoms with van der Waals surface area (Å²) in [7, 11) is 0. The molecule has 3 unspecified atom stereocenters. The second-order valence-corrected chi connectivity index (χ2v) is 4.61. The number of carboxylic acid groups (broad SMARTS) is 1. The largest absolute Gasteiger partial charge is 0.481 e. The highest BCUT2D eigenvalue weighted by atomic mass is 16.5. The van der Waals surface area contributed by atoms with E-state index in [1.54, 1.807) is 13.8 Å². The molecule has 15 heavy (non-hydrogen) atoms. The molecule has 0 aromatic heterocycles. The SMILES string of the molecule is CC1CC(C(=O)O)C(C(=O)OC(C)C)C1. The molecule has 1 N–H and O–H groups in total. The zero-order valence-electron chi connectivity index (χ0n) is 9.40. The quantitative estimate of drug-likeness (QED) is 0.726. The number of ether oxygens (including phenoxy) is 1. The first-order valence-corrected chi connectivity index (χ1v) is 5.35. The molecule has 1 saturated carbocycles. The van der Waals surface area contributed by atoms with Crippen LogP contribution in [0.3, 0.4) is 0 Å². The Morgan fingerprint density at radius 2 is 1.80 bits per heavy atom. The number of hydrogen-bond acceptors (Lipinski definition) is 3. The molecule has 0 radical (unpaired) electrons. The Bertz CT molecular complexity index is 259. The molecule has 4 nitrogen and oxygen atoms in total. The van der Waals surface area contributed by atoms with E-state index in [0.29, 0.717) is 12.8 Å². The number of aliphatic carboxylic acids is 1. The van der Waals surface area contributed by atoms with Gasteiger partial charge in [-0.3, -0.25) is 9.59 Å². The topological polar surface area (TPSA) is 63.6 Å². The lowest BCUT2D eigenvalue weighted by molar-refractivity contribution is -0.159. The van der Waals surface area contributed by atoms with E-state index in [4.69, 9.17) is 9.84 Å². The average Bonchev–Trinajstić information content (AvgIpc) is 2.46. The first-order chi connectivity index (χ1) is 6.91. The van der Waals surface area contributed by atoms with E-state index in [0.717, 1.165) is 0 Å². The maximum absolute atomic E-state index is 11.6. The Morgan fingerprint density at radius 1 is 1.27 bits per heavy atom. The molecule has 0 saturated heterocycles. The van der Waals surface area contributed by atoms with Gasteiger partial charge in [0.25, 0.3) is 0 Å². The van der Waals surface area contributed by atoms with Gasteiger partial charge in [-0.25, -0.2) is 0 Å². The van der Waals surface area contributed by atoms with Crippen molar-refractivity contribution in [2.45, 2.75) is 39.7 Å². The van der Waals surface area contributed by atoms with Gasteiger partial charge >= 0.3 is 11.9 Å². The van der Waals surface area contributed by atoms with Crippen LogP contribution in [0.1, 0.15) is 33.6 Å². The second kappa shape index (κ2) is 4.64. The fourth-order valence-corrected chi connectivity index (χ4v) is 2.14. The summed E-state index contributed by atoms with van der Waals surface area (Å²) in [6.07, 6.45) is 1.03. The van der Waals surface area contributed by atoms with Crippen LogP contribution in [0, 0.1) is 17.8 Å².